The van der Waals surface area contributed by atoms with Gasteiger partial charge in [-0.3, -0.25) is 24.2 Å². The van der Waals surface area contributed by atoms with Crippen LogP contribution in [0.25, 0.3) is 11.0 Å². The second-order valence-electron chi connectivity index (χ2n) is 5.15. The summed E-state index contributed by atoms with van der Waals surface area (Å²) in [4.78, 5) is 33.0. The van der Waals surface area contributed by atoms with Crippen molar-refractivity contribution in [2.75, 3.05) is 11.1 Å². The first-order valence-electron chi connectivity index (χ1n) is 7.00. The van der Waals surface area contributed by atoms with Crippen LogP contribution in [0.15, 0.2) is 40.7 Å². The smallest absolute Gasteiger partial charge is 0.265 e. The molecule has 4 heterocycles. The molecule has 1 unspecified atom stereocenters. The Bertz CT molecular complexity index is 935. The van der Waals surface area contributed by atoms with Crippen molar-refractivity contribution in [2.45, 2.75) is 17.6 Å². The van der Waals surface area contributed by atoms with Crippen molar-refractivity contribution in [3.05, 3.63) is 41.1 Å². The number of nitrogens with one attached hydrogen (secondary N) is 2. The lowest BCUT2D eigenvalue weighted by Gasteiger charge is -2.13. The number of hydrogen-bond donors (Lipinski definition) is 2. The summed E-state index contributed by atoms with van der Waals surface area (Å²) >= 11 is 1.47. The van der Waals surface area contributed by atoms with Gasteiger partial charge in [0.1, 0.15) is 5.39 Å². The summed E-state index contributed by atoms with van der Waals surface area (Å²) in [5, 5.41) is 10.4. The van der Waals surface area contributed by atoms with E-state index in [4.69, 9.17) is 0 Å². The highest BCUT2D eigenvalue weighted by Gasteiger charge is 2.28. The van der Waals surface area contributed by atoms with Gasteiger partial charge in [0.2, 0.25) is 5.91 Å². The number of rotatable bonds is 3. The van der Waals surface area contributed by atoms with Gasteiger partial charge >= 0.3 is 0 Å². The average molecular weight is 328 g/mol. The molecule has 1 atom stereocenters. The average Bonchev–Trinajstić information content (AvgIpc) is 3.16. The number of thioether (sulfide) groups is 1. The molecule has 0 radical (unpaired) electrons. The predicted molar refractivity (Wildman–Crippen MR) is 85.4 cm³/mol. The number of amides is 1. The third-order valence-electron chi connectivity index (χ3n) is 3.64. The molecule has 0 saturated heterocycles. The molecule has 9 heteroatoms. The third-order valence-corrected chi connectivity index (χ3v) is 4.73. The van der Waals surface area contributed by atoms with E-state index in [1.54, 1.807) is 29.1 Å². The van der Waals surface area contributed by atoms with Crippen LogP contribution in [0.5, 0.6) is 0 Å². The first-order valence-corrected chi connectivity index (χ1v) is 7.99. The molecule has 1 aliphatic rings. The quantitative estimate of drug-likeness (QED) is 0.700. The maximum Gasteiger partial charge on any atom is 0.265 e. The molecule has 4 rings (SSSR count). The summed E-state index contributed by atoms with van der Waals surface area (Å²) in [5.41, 5.74) is 1.01. The number of carbonyl (C=O) groups excluding carboxylic acids is 1. The topological polar surface area (TPSA) is 106 Å². The molecule has 116 valence electrons. The van der Waals surface area contributed by atoms with Gasteiger partial charge in [0, 0.05) is 30.3 Å². The van der Waals surface area contributed by atoms with Crippen molar-refractivity contribution in [3.63, 3.8) is 0 Å². The van der Waals surface area contributed by atoms with E-state index in [-0.39, 0.29) is 23.9 Å². The van der Waals surface area contributed by atoms with Crippen molar-refractivity contribution in [1.29, 1.82) is 0 Å². The number of anilines is 1. The van der Waals surface area contributed by atoms with E-state index in [0.717, 1.165) is 0 Å². The summed E-state index contributed by atoms with van der Waals surface area (Å²) < 4.78 is 1.59. The molecule has 0 spiro atoms. The SMILES string of the molecule is O=C(CC1CSc2nc3[nH]ncc3c(=O)n21)Nc1ccncc1. The number of aromatic amines is 1. The third kappa shape index (κ3) is 2.48. The summed E-state index contributed by atoms with van der Waals surface area (Å²) in [7, 11) is 0. The Hall–Kier alpha value is -2.68. The fourth-order valence-corrected chi connectivity index (χ4v) is 3.70. The van der Waals surface area contributed by atoms with Gasteiger partial charge in [-0.25, -0.2) is 4.98 Å². The standard InChI is InChI=1S/C14H12N6O2S/c21-11(17-8-1-3-15-4-2-8)5-9-7-23-14-18-12-10(6-16-19-12)13(22)20(9)14/h1-4,6,9H,5,7H2,(H,16,19)(H,15,17,21). The Kier molecular flexibility index (Phi) is 3.34. The van der Waals surface area contributed by atoms with Crippen LogP contribution in [-0.4, -0.2) is 36.4 Å². The number of H-pyrrole nitrogens is 1. The van der Waals surface area contributed by atoms with Crippen molar-refractivity contribution in [3.8, 4) is 0 Å². The first-order chi connectivity index (χ1) is 11.2. The molecule has 2 N–H and O–H groups in total. The molecule has 3 aromatic heterocycles. The zero-order valence-electron chi connectivity index (χ0n) is 11.9. The minimum absolute atomic E-state index is 0.145. The number of hydrogen-bond acceptors (Lipinski definition) is 6. The van der Waals surface area contributed by atoms with Gasteiger partial charge in [-0.2, -0.15) is 5.10 Å². The van der Waals surface area contributed by atoms with Gasteiger partial charge in [-0.05, 0) is 12.1 Å². The zero-order valence-corrected chi connectivity index (χ0v) is 12.7. The van der Waals surface area contributed by atoms with E-state index in [1.165, 1.54) is 18.0 Å². The lowest BCUT2D eigenvalue weighted by molar-refractivity contribution is -0.116. The molecular weight excluding hydrogens is 316 g/mol. The molecule has 0 aliphatic carbocycles. The Morgan fingerprint density at radius 3 is 3.09 bits per heavy atom. The van der Waals surface area contributed by atoms with Crippen LogP contribution in [0.1, 0.15) is 12.5 Å². The molecule has 3 aromatic rings. The van der Waals surface area contributed by atoms with Crippen molar-refractivity contribution < 1.29 is 4.79 Å². The second kappa shape index (κ2) is 5.51. The molecule has 0 bridgehead atoms. The Labute approximate surface area is 134 Å². The largest absolute Gasteiger partial charge is 0.326 e. The monoisotopic (exact) mass is 328 g/mol. The minimum Gasteiger partial charge on any atom is -0.326 e. The normalized spacial score (nSPS) is 16.4. The summed E-state index contributed by atoms with van der Waals surface area (Å²) in [6, 6.07) is 3.23. The second-order valence-corrected chi connectivity index (χ2v) is 6.14. The van der Waals surface area contributed by atoms with Crippen LogP contribution in [0.4, 0.5) is 5.69 Å². The predicted octanol–water partition coefficient (Wildman–Crippen LogP) is 1.19. The van der Waals surface area contributed by atoms with Crippen LogP contribution in [-0.2, 0) is 4.79 Å². The molecule has 23 heavy (non-hydrogen) atoms. The summed E-state index contributed by atoms with van der Waals surface area (Å²) in [5.74, 6) is 0.500. The Morgan fingerprint density at radius 1 is 1.43 bits per heavy atom. The highest BCUT2D eigenvalue weighted by molar-refractivity contribution is 7.99. The lowest BCUT2D eigenvalue weighted by atomic mass is 10.2. The number of aromatic nitrogens is 5. The molecule has 8 nitrogen and oxygen atoms in total. The van der Waals surface area contributed by atoms with Crippen LogP contribution in [0, 0.1) is 0 Å². The molecule has 0 fully saturated rings. The maximum atomic E-state index is 12.5. The minimum atomic E-state index is -0.212. The zero-order chi connectivity index (χ0) is 15.8. The summed E-state index contributed by atoms with van der Waals surface area (Å²) in [6.07, 6.45) is 4.91. The van der Waals surface area contributed by atoms with E-state index >= 15 is 0 Å². The lowest BCUT2D eigenvalue weighted by Crippen LogP contribution is -2.27. The van der Waals surface area contributed by atoms with Gasteiger partial charge in [0.15, 0.2) is 10.8 Å². The molecule has 1 aliphatic heterocycles. The van der Waals surface area contributed by atoms with Gasteiger partial charge in [0.05, 0.1) is 12.2 Å². The number of nitrogens with zero attached hydrogens (tertiary/aromatic N) is 4. The summed E-state index contributed by atoms with van der Waals surface area (Å²) in [6.45, 7) is 0. The van der Waals surface area contributed by atoms with E-state index in [2.05, 4.69) is 25.5 Å². The van der Waals surface area contributed by atoms with E-state index in [9.17, 15) is 9.59 Å². The number of fused-ring (bicyclic) bond motifs is 2. The number of carbonyl (C=O) groups is 1. The van der Waals surface area contributed by atoms with Gasteiger partial charge < -0.3 is 5.32 Å². The molecule has 1 amide bonds. The Balaban J connectivity index is 1.59. The van der Waals surface area contributed by atoms with Gasteiger partial charge in [-0.15, -0.1) is 0 Å². The fourth-order valence-electron chi connectivity index (χ4n) is 2.57. The Morgan fingerprint density at radius 2 is 2.26 bits per heavy atom. The maximum absolute atomic E-state index is 12.5. The van der Waals surface area contributed by atoms with Crippen LogP contribution < -0.4 is 10.9 Å². The molecular formula is C14H12N6O2S. The number of pyridine rings is 1. The van der Waals surface area contributed by atoms with Gasteiger partial charge in [-0.1, -0.05) is 11.8 Å². The molecule has 0 saturated carbocycles. The highest BCUT2D eigenvalue weighted by atomic mass is 32.2. The fraction of sp³-hybridized carbons (Fsp3) is 0.214. The van der Waals surface area contributed by atoms with Crippen molar-refractivity contribution >= 4 is 34.4 Å². The first kappa shape index (κ1) is 13.9. The van der Waals surface area contributed by atoms with Crippen LogP contribution in [0.2, 0.25) is 0 Å². The van der Waals surface area contributed by atoms with Crippen molar-refractivity contribution in [2.24, 2.45) is 0 Å². The van der Waals surface area contributed by atoms with E-state index in [0.29, 0.717) is 27.6 Å². The van der Waals surface area contributed by atoms with Crippen LogP contribution >= 0.6 is 11.8 Å². The van der Waals surface area contributed by atoms with E-state index in [1.807, 2.05) is 0 Å². The van der Waals surface area contributed by atoms with Crippen molar-refractivity contribution in [1.82, 2.24) is 24.7 Å². The van der Waals surface area contributed by atoms with E-state index < -0.39 is 0 Å². The molecule has 0 aromatic carbocycles. The van der Waals surface area contributed by atoms with Gasteiger partial charge in [0.25, 0.3) is 5.56 Å². The highest BCUT2D eigenvalue weighted by Crippen LogP contribution is 2.32. The van der Waals surface area contributed by atoms with Crippen LogP contribution in [0.3, 0.4) is 0 Å².